The fourth-order valence-corrected chi connectivity index (χ4v) is 2.59. The molecule has 162 valence electrons. The predicted molar refractivity (Wildman–Crippen MR) is 106 cm³/mol. The van der Waals surface area contributed by atoms with Gasteiger partial charge in [-0.05, 0) is 32.1 Å². The van der Waals surface area contributed by atoms with Crippen molar-refractivity contribution in [3.63, 3.8) is 0 Å². The number of nitrogens with one attached hydrogen (secondary N) is 1. The first kappa shape index (κ1) is 23.2. The zero-order valence-electron chi connectivity index (χ0n) is 16.7. The highest BCUT2D eigenvalue weighted by molar-refractivity contribution is 7.96. The number of amides is 1. The molecule has 1 N–H and O–H groups in total. The Hall–Kier alpha value is -3.09. The minimum Gasteiger partial charge on any atom is -0.444 e. The van der Waals surface area contributed by atoms with E-state index in [-0.39, 0.29) is 17.7 Å². The normalized spacial score (nSPS) is 12.3. The SMILES string of the molecule is CCc1nnn(-c2cc([N+](=O)[O-])c(CC(NC(=O)OC(C)(C)C)C(=O)S)cc2F)n1. The van der Waals surface area contributed by atoms with Crippen molar-refractivity contribution < 1.29 is 23.6 Å². The number of hydrogen-bond acceptors (Lipinski definition) is 8. The molecular weight excluding hydrogens is 419 g/mol. The molecule has 0 radical (unpaired) electrons. The van der Waals surface area contributed by atoms with E-state index in [4.69, 9.17) is 4.74 Å². The first-order chi connectivity index (χ1) is 13.9. The van der Waals surface area contributed by atoms with Gasteiger partial charge in [0.15, 0.2) is 11.6 Å². The van der Waals surface area contributed by atoms with Crippen LogP contribution in [0.3, 0.4) is 0 Å². The van der Waals surface area contributed by atoms with Crippen molar-refractivity contribution in [3.8, 4) is 5.69 Å². The van der Waals surface area contributed by atoms with E-state index in [0.717, 1.165) is 16.9 Å². The highest BCUT2D eigenvalue weighted by atomic mass is 32.1. The van der Waals surface area contributed by atoms with Crippen LogP contribution >= 0.6 is 12.6 Å². The smallest absolute Gasteiger partial charge is 0.408 e. The predicted octanol–water partition coefficient (Wildman–Crippen LogP) is 2.16. The second-order valence-corrected chi connectivity index (χ2v) is 7.72. The van der Waals surface area contributed by atoms with Gasteiger partial charge in [0.05, 0.1) is 4.92 Å². The number of nitro groups is 1. The molecule has 13 heteroatoms. The summed E-state index contributed by atoms with van der Waals surface area (Å²) < 4.78 is 19.7. The lowest BCUT2D eigenvalue weighted by molar-refractivity contribution is -0.385. The number of halogens is 1. The van der Waals surface area contributed by atoms with Crippen LogP contribution in [0.2, 0.25) is 0 Å². The molecule has 0 fully saturated rings. The third-order valence-corrected chi connectivity index (χ3v) is 4.06. The van der Waals surface area contributed by atoms with Gasteiger partial charge in [-0.3, -0.25) is 14.9 Å². The molecule has 0 saturated heterocycles. The Labute approximate surface area is 176 Å². The maximum atomic E-state index is 14.7. The third kappa shape index (κ3) is 5.95. The Morgan fingerprint density at radius 3 is 2.57 bits per heavy atom. The number of aromatic nitrogens is 4. The number of carbonyl (C=O) groups excluding carboxylic acids is 2. The van der Waals surface area contributed by atoms with Crippen molar-refractivity contribution in [2.45, 2.75) is 52.2 Å². The minimum absolute atomic E-state index is 0.125. The van der Waals surface area contributed by atoms with Crippen LogP contribution in [0.1, 0.15) is 39.1 Å². The second-order valence-electron chi connectivity index (χ2n) is 7.28. The van der Waals surface area contributed by atoms with Crippen molar-refractivity contribution in [2.75, 3.05) is 0 Å². The van der Waals surface area contributed by atoms with Crippen molar-refractivity contribution in [1.29, 1.82) is 0 Å². The maximum Gasteiger partial charge on any atom is 0.408 e. The summed E-state index contributed by atoms with van der Waals surface area (Å²) in [7, 11) is 0. The van der Waals surface area contributed by atoms with Crippen LogP contribution in [0.4, 0.5) is 14.9 Å². The first-order valence-electron chi connectivity index (χ1n) is 8.89. The molecule has 1 atom stereocenters. The van der Waals surface area contributed by atoms with Crippen LogP contribution in [0.25, 0.3) is 5.69 Å². The lowest BCUT2D eigenvalue weighted by atomic mass is 10.0. The summed E-state index contributed by atoms with van der Waals surface area (Å²) in [4.78, 5) is 35.5. The molecule has 0 aliphatic carbocycles. The average Bonchev–Trinajstić information content (AvgIpc) is 3.08. The van der Waals surface area contributed by atoms with Crippen LogP contribution in [-0.2, 0) is 22.4 Å². The fourth-order valence-electron chi connectivity index (χ4n) is 2.44. The summed E-state index contributed by atoms with van der Waals surface area (Å²) in [6.07, 6.45) is -0.835. The van der Waals surface area contributed by atoms with E-state index in [1.165, 1.54) is 0 Å². The van der Waals surface area contributed by atoms with Crippen LogP contribution in [-0.4, -0.2) is 48.0 Å². The topological polar surface area (TPSA) is 142 Å². The van der Waals surface area contributed by atoms with Gasteiger partial charge in [-0.1, -0.05) is 6.92 Å². The third-order valence-electron chi connectivity index (χ3n) is 3.74. The van der Waals surface area contributed by atoms with Crippen molar-refractivity contribution >= 4 is 29.5 Å². The van der Waals surface area contributed by atoms with E-state index >= 15 is 0 Å². The Bertz CT molecular complexity index is 974. The molecule has 2 rings (SSSR count). The fraction of sp³-hybridized carbons (Fsp3) is 0.471. The molecule has 0 bridgehead atoms. The number of carbonyl (C=O) groups is 2. The molecule has 1 unspecified atom stereocenters. The number of alkyl carbamates (subject to hydrolysis) is 1. The molecule has 1 aromatic heterocycles. The van der Waals surface area contributed by atoms with Crippen LogP contribution in [0.15, 0.2) is 12.1 Å². The van der Waals surface area contributed by atoms with Gasteiger partial charge >= 0.3 is 6.09 Å². The molecule has 1 aromatic carbocycles. The highest BCUT2D eigenvalue weighted by Gasteiger charge is 2.28. The molecular formula is C17H21FN6O5S. The Kier molecular flexibility index (Phi) is 7.08. The summed E-state index contributed by atoms with van der Waals surface area (Å²) in [6, 6.07) is 0.561. The number of nitro benzene ring substituents is 1. The minimum atomic E-state index is -1.27. The largest absolute Gasteiger partial charge is 0.444 e. The number of ether oxygens (including phenoxy) is 1. The number of aryl methyl sites for hydroxylation is 1. The monoisotopic (exact) mass is 440 g/mol. The molecule has 0 spiro atoms. The zero-order valence-corrected chi connectivity index (χ0v) is 17.6. The summed E-state index contributed by atoms with van der Waals surface area (Å²) >= 11 is 3.71. The van der Waals surface area contributed by atoms with Gasteiger partial charge in [-0.2, -0.15) is 0 Å². The molecule has 0 saturated carbocycles. The van der Waals surface area contributed by atoms with Gasteiger partial charge in [-0.15, -0.1) is 27.6 Å². The van der Waals surface area contributed by atoms with E-state index in [9.17, 15) is 24.1 Å². The molecule has 2 aromatic rings. The summed E-state index contributed by atoms with van der Waals surface area (Å²) in [6.45, 7) is 6.66. The quantitative estimate of drug-likeness (QED) is 0.379. The van der Waals surface area contributed by atoms with Gasteiger partial charge in [0.1, 0.15) is 17.3 Å². The Morgan fingerprint density at radius 1 is 1.40 bits per heavy atom. The van der Waals surface area contributed by atoms with E-state index in [1.54, 1.807) is 27.7 Å². The Balaban J connectivity index is 2.37. The molecule has 0 aliphatic heterocycles. The van der Waals surface area contributed by atoms with Gasteiger partial charge in [0.25, 0.3) is 5.69 Å². The standard InChI is InChI=1S/C17H21FN6O5S/c1-5-14-20-22-23(21-14)13-8-12(24(27)28)9(6-10(13)18)7-11(15(25)30)19-16(26)29-17(2,3)4/h6,8,11H,5,7H2,1-4H3,(H,19,26)(H,25,30). The average molecular weight is 440 g/mol. The number of tetrazole rings is 1. The molecule has 1 amide bonds. The van der Waals surface area contributed by atoms with Gasteiger partial charge in [0.2, 0.25) is 5.12 Å². The maximum absolute atomic E-state index is 14.7. The van der Waals surface area contributed by atoms with E-state index < -0.39 is 39.3 Å². The van der Waals surface area contributed by atoms with Gasteiger partial charge in [-0.25, -0.2) is 9.18 Å². The molecule has 11 nitrogen and oxygen atoms in total. The van der Waals surface area contributed by atoms with Crippen molar-refractivity contribution in [1.82, 2.24) is 25.5 Å². The Morgan fingerprint density at radius 2 is 2.07 bits per heavy atom. The number of rotatable bonds is 7. The van der Waals surface area contributed by atoms with Crippen molar-refractivity contribution in [3.05, 3.63) is 39.5 Å². The van der Waals surface area contributed by atoms with Crippen LogP contribution in [0.5, 0.6) is 0 Å². The van der Waals surface area contributed by atoms with Gasteiger partial charge in [0, 0.05) is 24.5 Å². The van der Waals surface area contributed by atoms with Crippen LogP contribution in [0, 0.1) is 15.9 Å². The van der Waals surface area contributed by atoms with Crippen molar-refractivity contribution in [2.24, 2.45) is 0 Å². The first-order valence-corrected chi connectivity index (χ1v) is 9.34. The summed E-state index contributed by atoms with van der Waals surface area (Å²) in [5.74, 6) is -0.526. The number of thiol groups is 1. The van der Waals surface area contributed by atoms with Gasteiger partial charge < -0.3 is 10.1 Å². The number of benzene rings is 1. The van der Waals surface area contributed by atoms with E-state index in [0.29, 0.717) is 12.2 Å². The lowest BCUT2D eigenvalue weighted by Gasteiger charge is -2.22. The number of hydrogen-bond donors (Lipinski definition) is 2. The molecule has 0 aliphatic rings. The zero-order chi connectivity index (χ0) is 22.6. The number of nitrogens with zero attached hydrogens (tertiary/aromatic N) is 5. The molecule has 30 heavy (non-hydrogen) atoms. The molecule has 1 heterocycles. The summed E-state index contributed by atoms with van der Waals surface area (Å²) in [5.41, 5.74) is -1.70. The van der Waals surface area contributed by atoms with Crippen LogP contribution < -0.4 is 5.32 Å². The van der Waals surface area contributed by atoms with E-state index in [2.05, 4.69) is 33.4 Å². The lowest BCUT2D eigenvalue weighted by Crippen LogP contribution is -2.43. The highest BCUT2D eigenvalue weighted by Crippen LogP contribution is 2.26. The second kappa shape index (κ2) is 9.15. The summed E-state index contributed by atoms with van der Waals surface area (Å²) in [5, 5.41) is 24.4. The van der Waals surface area contributed by atoms with E-state index in [1.807, 2.05) is 0 Å².